The molecule has 0 saturated carbocycles. The van der Waals surface area contributed by atoms with Gasteiger partial charge < -0.3 is 59.7 Å². The van der Waals surface area contributed by atoms with Crippen molar-refractivity contribution in [3.8, 4) is 79.5 Å². The lowest BCUT2D eigenvalue weighted by Gasteiger charge is -2.21. The quantitative estimate of drug-likeness (QED) is 0.0310. The molecule has 2 aliphatic rings. The van der Waals surface area contributed by atoms with E-state index in [4.69, 9.17) is 33.2 Å². The van der Waals surface area contributed by atoms with Gasteiger partial charge in [0.1, 0.15) is 69.1 Å². The fourth-order valence-electron chi connectivity index (χ4n) is 13.2. The summed E-state index contributed by atoms with van der Waals surface area (Å²) in [6.45, 7) is -7.50. The normalized spacial score (nSPS) is 12.1. The van der Waals surface area contributed by atoms with Crippen LogP contribution in [0.5, 0.6) is 34.5 Å². The number of alkyl halides is 8. The monoisotopic (exact) mass is 1830 g/mol. The number of aromatic amines is 3. The summed E-state index contributed by atoms with van der Waals surface area (Å²) in [6.07, 6.45) is 22.5. The van der Waals surface area contributed by atoms with Crippen LogP contribution < -0.4 is 55.0 Å². The Hall–Kier alpha value is -16.1. The number of carbonyl (C=O) groups excluding carboxylic acids is 5. The maximum Gasteiger partial charge on any atom is 0.435 e. The van der Waals surface area contributed by atoms with Gasteiger partial charge in [0.05, 0.1) is 118 Å². The Morgan fingerprint density at radius 1 is 0.465 bits per heavy atom. The van der Waals surface area contributed by atoms with Gasteiger partial charge in [-0.2, -0.15) is 80.6 Å². The van der Waals surface area contributed by atoms with E-state index in [0.29, 0.717) is 110 Å². The minimum atomic E-state index is -3.14. The second-order valence-corrected chi connectivity index (χ2v) is 30.1. The van der Waals surface area contributed by atoms with Crippen LogP contribution in [0.15, 0.2) is 200 Å². The molecule has 2 aliphatic heterocycles. The third-order valence-electron chi connectivity index (χ3n) is 18.7. The molecular formula is C81H63F8N25O12S3. The van der Waals surface area contributed by atoms with Crippen molar-refractivity contribution in [3.63, 3.8) is 0 Å². The van der Waals surface area contributed by atoms with E-state index in [1.807, 2.05) is 22.9 Å². The number of aromatic nitrogens is 20. The molecule has 20 rings (SSSR count). The molecule has 0 aliphatic carbocycles. The highest BCUT2D eigenvalue weighted by Crippen LogP contribution is 2.47. The summed E-state index contributed by atoms with van der Waals surface area (Å²) in [5.41, 5.74) is 5.79. The fraction of sp³-hybridized carbons (Fsp3) is 0.148. The number of ether oxygens (including phenoxy) is 7. The molecular weight excluding hydrogens is 1760 g/mol. The highest BCUT2D eigenvalue weighted by molar-refractivity contribution is 7.99. The zero-order valence-electron chi connectivity index (χ0n) is 65.4. The van der Waals surface area contributed by atoms with E-state index in [9.17, 15) is 59.1 Å². The average Bonchev–Trinajstić information content (AvgIpc) is 1.36. The van der Waals surface area contributed by atoms with Crippen LogP contribution in [0.2, 0.25) is 0 Å². The Morgan fingerprint density at radius 2 is 0.868 bits per heavy atom. The second-order valence-electron chi connectivity index (χ2n) is 27.1. The summed E-state index contributed by atoms with van der Waals surface area (Å²) in [5, 5.41) is 60.0. The van der Waals surface area contributed by atoms with E-state index >= 15 is 0 Å². The number of rotatable bonds is 21. The van der Waals surface area contributed by atoms with Crippen molar-refractivity contribution in [1.29, 1.82) is 0 Å². The highest BCUT2D eigenvalue weighted by Gasteiger charge is 2.31. The van der Waals surface area contributed by atoms with E-state index in [2.05, 4.69) is 103 Å². The number of benzene rings is 4. The predicted molar refractivity (Wildman–Crippen MR) is 455 cm³/mol. The molecule has 129 heavy (non-hydrogen) atoms. The minimum absolute atomic E-state index is 0. The van der Waals surface area contributed by atoms with E-state index in [1.54, 1.807) is 106 Å². The van der Waals surface area contributed by atoms with Gasteiger partial charge in [0.2, 0.25) is 0 Å². The topological polar surface area (TPSA) is 435 Å². The molecule has 14 aromatic heterocycles. The van der Waals surface area contributed by atoms with Crippen molar-refractivity contribution >= 4 is 135 Å². The van der Waals surface area contributed by atoms with Crippen LogP contribution in [0.1, 0.15) is 62.7 Å². The molecule has 0 bridgehead atoms. The van der Waals surface area contributed by atoms with Gasteiger partial charge in [-0.15, -0.1) is 34.4 Å². The molecule has 0 saturated heterocycles. The van der Waals surface area contributed by atoms with Gasteiger partial charge >= 0.3 is 32.5 Å². The van der Waals surface area contributed by atoms with Crippen LogP contribution in [0, 0.1) is 0 Å². The average molecular weight is 1830 g/mol. The molecule has 16 heterocycles. The van der Waals surface area contributed by atoms with Crippen molar-refractivity contribution in [2.75, 3.05) is 52.1 Å². The molecule has 4 amide bonds. The summed E-state index contributed by atoms with van der Waals surface area (Å²) in [4.78, 5) is 81.6. The molecule has 37 nitrogen and oxygen atoms in total. The number of nitrogens with zero attached hydrogens (tertiary/aromatic N) is 17. The number of fused-ring (bicyclic) bond motifs is 8. The maximum atomic E-state index is 13.3. The van der Waals surface area contributed by atoms with Gasteiger partial charge in [0.15, 0.2) is 22.6 Å². The van der Waals surface area contributed by atoms with E-state index in [-0.39, 0.29) is 80.9 Å². The van der Waals surface area contributed by atoms with E-state index in [0.717, 1.165) is 24.9 Å². The lowest BCUT2D eigenvalue weighted by Crippen LogP contribution is -2.19. The van der Waals surface area contributed by atoms with Crippen molar-refractivity contribution in [3.05, 3.63) is 217 Å². The lowest BCUT2D eigenvalue weighted by molar-refractivity contribution is -0.0502. The van der Waals surface area contributed by atoms with Crippen molar-refractivity contribution in [2.45, 2.75) is 58.7 Å². The maximum absolute atomic E-state index is 13.3. The van der Waals surface area contributed by atoms with Gasteiger partial charge in [-0.05, 0) is 114 Å². The molecule has 0 fully saturated rings. The smallest absolute Gasteiger partial charge is 0.435 e. The largest absolute Gasteiger partial charge is 0.492 e. The fourth-order valence-corrected chi connectivity index (χ4v) is 15.7. The predicted octanol–water partition coefficient (Wildman–Crippen LogP) is 16.1. The molecule has 658 valence electrons. The SMILES string of the molecule is C.CC(C)OC(=O)n1cc(NC(=O)c2cnn3cccnc23)c(-c2cc3c(cc2OC(F)F)NCCO3)n1.O=C(Nc1cn[nH]c1-c1cc2c(cc1OC(F)F)SCCO2)c1cnn2cccnc12.O=C(Nc1cn[nH]c1-c1cc2ccsc2cc1OC(F)F)c1cnn2cccnc12.O=C(Nc1cn[nH]c1-c1cc2sccc2cc1OC(F)F)c1cnn2cccnc12. The lowest BCUT2D eigenvalue weighted by atomic mass is 10.1. The molecule has 4 aromatic carbocycles. The number of halogens is 8. The minimum Gasteiger partial charge on any atom is -0.492 e. The summed E-state index contributed by atoms with van der Waals surface area (Å²) in [6, 6.07) is 22.8. The first-order valence-electron chi connectivity index (χ1n) is 37.7. The van der Waals surface area contributed by atoms with Crippen molar-refractivity contribution in [1.82, 2.24) is 98.8 Å². The van der Waals surface area contributed by atoms with Gasteiger partial charge in [-0.25, -0.2) is 42.8 Å². The molecule has 0 atom stereocenters. The summed E-state index contributed by atoms with van der Waals surface area (Å²) >= 11 is 4.36. The molecule has 0 spiro atoms. The number of nitrogens with one attached hydrogen (secondary N) is 8. The summed E-state index contributed by atoms with van der Waals surface area (Å²) in [7, 11) is 0. The highest BCUT2D eigenvalue weighted by atomic mass is 32.2. The van der Waals surface area contributed by atoms with Gasteiger partial charge in [-0.1, -0.05) is 7.43 Å². The van der Waals surface area contributed by atoms with Crippen LogP contribution >= 0.6 is 34.4 Å². The zero-order valence-corrected chi connectivity index (χ0v) is 67.9. The molecule has 48 heteroatoms. The van der Waals surface area contributed by atoms with Crippen LogP contribution in [0.3, 0.4) is 0 Å². The molecule has 0 radical (unpaired) electrons. The molecule has 0 unspecified atom stereocenters. The van der Waals surface area contributed by atoms with Crippen LogP contribution in [0.25, 0.3) is 87.8 Å². The van der Waals surface area contributed by atoms with Crippen molar-refractivity contribution in [2.24, 2.45) is 0 Å². The van der Waals surface area contributed by atoms with E-state index in [1.165, 1.54) is 133 Å². The van der Waals surface area contributed by atoms with Gasteiger partial charge in [-0.3, -0.25) is 34.5 Å². The number of anilines is 5. The second kappa shape index (κ2) is 37.7. The Bertz CT molecular complexity index is 6980. The summed E-state index contributed by atoms with van der Waals surface area (Å²) in [5.74, 6) is -0.704. The first kappa shape index (κ1) is 86.4. The first-order valence-corrected chi connectivity index (χ1v) is 40.5. The van der Waals surface area contributed by atoms with Crippen LogP contribution in [0.4, 0.5) is 68.4 Å². The number of amides is 4. The Morgan fingerprint density at radius 3 is 1.33 bits per heavy atom. The van der Waals surface area contributed by atoms with Crippen molar-refractivity contribution < 1.29 is 92.3 Å². The molecule has 8 N–H and O–H groups in total. The number of thiophene rings is 2. The van der Waals surface area contributed by atoms with E-state index < -0.39 is 62.3 Å². The van der Waals surface area contributed by atoms with Crippen LogP contribution in [-0.4, -0.2) is 187 Å². The first-order chi connectivity index (χ1) is 62.1. The summed E-state index contributed by atoms with van der Waals surface area (Å²) < 4.78 is 148. The third-order valence-corrected chi connectivity index (χ3v) is 21.4. The molecule has 18 aromatic rings. The van der Waals surface area contributed by atoms with Gasteiger partial charge in [0.25, 0.3) is 23.6 Å². The number of hydrogen-bond acceptors (Lipinski definition) is 28. The Kier molecular flexibility index (Phi) is 25.3. The Labute approximate surface area is 730 Å². The van der Waals surface area contributed by atoms with Crippen LogP contribution in [-0.2, 0) is 4.74 Å². The number of thioether (sulfide) groups is 1. The number of hydrogen-bond donors (Lipinski definition) is 8. The Balaban J connectivity index is 0.000000126. The number of H-pyrrole nitrogens is 3. The standard InChI is InChI=1S/C23H21F2N7O5.C19H14F2N6O3S.2C19H12F2N6O2S.CH4/c1-12(2)36-23(34)32-11-16(29-21(33)14-10-28-31-6-3-4-27-20(14)31)19(30-32)13-8-18-15(26-5-7-35-18)9-17(13)37-22(24)25;20-19(21)30-13-7-15-14(29-4-5-31-15)6-10(13)16-12(9-23-26-16)25-18(28)11-8-24-27-3-1-2-22-17(11)27;20-19(21)29-14-6-10-2-5-30-15(10)7-11(14)16-13(9-23-26-16)25-18(28)12-8-24-27-4-1-3-22-17(12)27;20-19(21)29-14-7-15-10(2-5-30-15)6-11(14)16-13(9-23-26-16)25-18(28)12-8-24-27-4-1-3-22-17(12)27;/h3-4,6,8-12,22,26H,5,7H2,1-2H3,(H,29,33);1-3,6-9,19H,4-5H2,(H,23,26)(H,25,28);2*1-9,19H,(H,23,26)(H,25,28);1H4. The third kappa shape index (κ3) is 18.8. The van der Waals surface area contributed by atoms with Gasteiger partial charge in [0, 0.05) is 94.0 Å². The number of carbonyl (C=O) groups is 5. The zero-order chi connectivity index (χ0) is 88.8.